The molecule has 220 valence electrons. The Morgan fingerprint density at radius 3 is 2.38 bits per heavy atom. The maximum Gasteiger partial charge on any atom is 0.0236 e. The third kappa shape index (κ3) is 8.83. The fourth-order valence-corrected chi connectivity index (χ4v) is 7.18. The first-order chi connectivity index (χ1) is 20.3. The molecule has 5 rings (SSSR count). The first-order valence-corrected chi connectivity index (χ1v) is 16.6. The average Bonchev–Trinajstić information content (AvgIpc) is 3.00. The molecule has 0 amide bonds. The Kier molecular flexibility index (Phi) is 10.6. The molecule has 42 heavy (non-hydrogen) atoms. The first kappa shape index (κ1) is 30.6. The van der Waals surface area contributed by atoms with Crippen molar-refractivity contribution in [2.75, 3.05) is 19.6 Å². The summed E-state index contributed by atoms with van der Waals surface area (Å²) in [6.07, 6.45) is 4.80. The van der Waals surface area contributed by atoms with E-state index in [0.717, 1.165) is 32.6 Å². The second-order valence-electron chi connectivity index (χ2n) is 13.1. The Morgan fingerprint density at radius 1 is 0.833 bits per heavy atom. The smallest absolute Gasteiger partial charge is 0.0236 e. The molecular weight excluding hydrogens is 529 g/mol. The number of rotatable bonds is 12. The van der Waals surface area contributed by atoms with E-state index in [9.17, 15) is 0 Å². The third-order valence-electron chi connectivity index (χ3n) is 8.62. The molecule has 3 heteroatoms. The van der Waals surface area contributed by atoms with Gasteiger partial charge in [0.15, 0.2) is 0 Å². The van der Waals surface area contributed by atoms with E-state index in [2.05, 4.69) is 140 Å². The normalized spacial score (nSPS) is 16.2. The van der Waals surface area contributed by atoms with Gasteiger partial charge >= 0.3 is 0 Å². The molecule has 1 unspecified atom stereocenters. The van der Waals surface area contributed by atoms with Crippen molar-refractivity contribution in [3.05, 3.63) is 125 Å². The molecule has 0 spiro atoms. The van der Waals surface area contributed by atoms with Gasteiger partial charge in [0, 0.05) is 24.5 Å². The molecule has 1 saturated heterocycles. The molecule has 1 atom stereocenters. The van der Waals surface area contributed by atoms with Crippen molar-refractivity contribution in [3.8, 4) is 11.1 Å². The van der Waals surface area contributed by atoms with Crippen molar-refractivity contribution in [2.45, 2.75) is 76.7 Å². The van der Waals surface area contributed by atoms with E-state index in [1.54, 1.807) is 0 Å². The van der Waals surface area contributed by atoms with Crippen LogP contribution in [-0.4, -0.2) is 23.9 Å². The lowest BCUT2D eigenvalue weighted by Gasteiger charge is -2.32. The predicted octanol–water partition coefficient (Wildman–Crippen LogP) is 10.1. The van der Waals surface area contributed by atoms with E-state index in [0.29, 0.717) is 11.8 Å². The van der Waals surface area contributed by atoms with E-state index in [1.807, 2.05) is 11.9 Å². The van der Waals surface area contributed by atoms with Crippen LogP contribution in [0.25, 0.3) is 11.1 Å². The zero-order valence-corrected chi connectivity index (χ0v) is 26.8. The van der Waals surface area contributed by atoms with Crippen LogP contribution in [0.1, 0.15) is 81.0 Å². The summed E-state index contributed by atoms with van der Waals surface area (Å²) in [5, 5.41) is 3.64. The van der Waals surface area contributed by atoms with Gasteiger partial charge in [-0.25, -0.2) is 4.31 Å². The predicted molar refractivity (Wildman–Crippen MR) is 182 cm³/mol. The van der Waals surface area contributed by atoms with Gasteiger partial charge in [0.05, 0.1) is 0 Å². The fourth-order valence-electron chi connectivity index (χ4n) is 6.09. The van der Waals surface area contributed by atoms with Gasteiger partial charge in [-0.2, -0.15) is 0 Å². The van der Waals surface area contributed by atoms with Crippen molar-refractivity contribution in [2.24, 2.45) is 5.41 Å². The monoisotopic (exact) mass is 576 g/mol. The molecule has 0 radical (unpaired) electrons. The van der Waals surface area contributed by atoms with E-state index < -0.39 is 0 Å². The van der Waals surface area contributed by atoms with Gasteiger partial charge in [-0.3, -0.25) is 0 Å². The number of piperidine rings is 1. The van der Waals surface area contributed by atoms with Gasteiger partial charge in [-0.15, -0.1) is 0 Å². The molecular formula is C39H48N2S. The molecule has 4 aromatic rings. The highest BCUT2D eigenvalue weighted by atomic mass is 32.2. The van der Waals surface area contributed by atoms with E-state index in [-0.39, 0.29) is 5.41 Å². The lowest BCUT2D eigenvalue weighted by Crippen LogP contribution is -2.29. The Labute approximate surface area is 259 Å². The zero-order chi connectivity index (χ0) is 29.4. The Bertz CT molecular complexity index is 1390. The largest absolute Gasteiger partial charge is 0.313 e. The number of nitrogens with one attached hydrogen (secondary N) is 1. The molecule has 1 fully saturated rings. The fraction of sp³-hybridized carbons (Fsp3) is 0.385. The molecule has 1 heterocycles. The summed E-state index contributed by atoms with van der Waals surface area (Å²) in [5.41, 5.74) is 8.59. The van der Waals surface area contributed by atoms with Crippen molar-refractivity contribution in [1.29, 1.82) is 0 Å². The minimum absolute atomic E-state index is 0.261. The maximum atomic E-state index is 3.64. The second-order valence-corrected chi connectivity index (χ2v) is 14.3. The molecule has 4 aromatic carbocycles. The Morgan fingerprint density at radius 2 is 1.60 bits per heavy atom. The van der Waals surface area contributed by atoms with Crippen LogP contribution in [0.15, 0.2) is 108 Å². The molecule has 1 aliphatic rings. The number of hydrogen-bond donors (Lipinski definition) is 1. The Hall–Kier alpha value is -2.85. The van der Waals surface area contributed by atoms with Crippen LogP contribution >= 0.6 is 11.9 Å². The van der Waals surface area contributed by atoms with Crippen molar-refractivity contribution < 1.29 is 0 Å². The van der Waals surface area contributed by atoms with Gasteiger partial charge in [-0.05, 0) is 107 Å². The lowest BCUT2D eigenvalue weighted by molar-refractivity contribution is 0.324. The Balaban J connectivity index is 1.16. The minimum Gasteiger partial charge on any atom is -0.313 e. The standard InChI is InChI=1S/C39H48N2S/c1-30(2)33-18-20-34(21-19-33)36-15-9-17-38(26-36)42-41-24-10-16-37(29-41)35-14-8-13-32(25-35)27-39(3,4)22-23-40-28-31-11-6-5-7-12-31/h5-9,11-15,17-21,25-26,30,37,40H,10,16,22-24,27-29H2,1-4H3. The minimum atomic E-state index is 0.261. The summed E-state index contributed by atoms with van der Waals surface area (Å²) in [6, 6.07) is 38.3. The van der Waals surface area contributed by atoms with Gasteiger partial charge in [0.1, 0.15) is 0 Å². The van der Waals surface area contributed by atoms with E-state index in [4.69, 9.17) is 0 Å². The second kappa shape index (κ2) is 14.6. The SMILES string of the molecule is CC(C)c1ccc(-c2cccc(SN3CCCC(c4cccc(CC(C)(C)CCNCc5ccccc5)c4)C3)c2)cc1. The average molecular weight is 577 g/mol. The number of nitrogens with zero attached hydrogens (tertiary/aromatic N) is 1. The zero-order valence-electron chi connectivity index (χ0n) is 26.0. The molecule has 0 bridgehead atoms. The van der Waals surface area contributed by atoms with Crippen LogP contribution in [0.3, 0.4) is 0 Å². The van der Waals surface area contributed by atoms with Crippen LogP contribution in [-0.2, 0) is 13.0 Å². The summed E-state index contributed by atoms with van der Waals surface area (Å²) < 4.78 is 2.59. The lowest BCUT2D eigenvalue weighted by atomic mass is 9.81. The van der Waals surface area contributed by atoms with Crippen LogP contribution in [0.2, 0.25) is 0 Å². The number of hydrogen-bond acceptors (Lipinski definition) is 3. The van der Waals surface area contributed by atoms with Gasteiger partial charge in [-0.1, -0.05) is 119 Å². The van der Waals surface area contributed by atoms with Gasteiger partial charge in [0.25, 0.3) is 0 Å². The summed E-state index contributed by atoms with van der Waals surface area (Å²) >= 11 is 1.93. The van der Waals surface area contributed by atoms with Crippen molar-refractivity contribution in [1.82, 2.24) is 9.62 Å². The highest BCUT2D eigenvalue weighted by Gasteiger charge is 2.24. The molecule has 1 N–H and O–H groups in total. The first-order valence-electron chi connectivity index (χ1n) is 15.8. The van der Waals surface area contributed by atoms with Crippen LogP contribution in [0, 0.1) is 5.41 Å². The summed E-state index contributed by atoms with van der Waals surface area (Å²) in [6.45, 7) is 13.6. The summed E-state index contributed by atoms with van der Waals surface area (Å²) in [5.74, 6) is 1.15. The topological polar surface area (TPSA) is 15.3 Å². The summed E-state index contributed by atoms with van der Waals surface area (Å²) in [7, 11) is 0. The van der Waals surface area contributed by atoms with E-state index in [1.165, 1.54) is 57.5 Å². The quantitative estimate of drug-likeness (QED) is 0.133. The van der Waals surface area contributed by atoms with E-state index >= 15 is 0 Å². The molecule has 0 aromatic heterocycles. The van der Waals surface area contributed by atoms with Crippen LogP contribution in [0.5, 0.6) is 0 Å². The molecule has 1 aliphatic heterocycles. The maximum absolute atomic E-state index is 3.64. The third-order valence-corrected chi connectivity index (χ3v) is 9.67. The highest BCUT2D eigenvalue weighted by Crippen LogP contribution is 2.36. The molecule has 2 nitrogen and oxygen atoms in total. The van der Waals surface area contributed by atoms with Crippen molar-refractivity contribution in [3.63, 3.8) is 0 Å². The van der Waals surface area contributed by atoms with Gasteiger partial charge in [0.2, 0.25) is 0 Å². The highest BCUT2D eigenvalue weighted by molar-refractivity contribution is 7.97. The number of benzene rings is 4. The summed E-state index contributed by atoms with van der Waals surface area (Å²) in [4.78, 5) is 1.33. The van der Waals surface area contributed by atoms with Crippen LogP contribution in [0.4, 0.5) is 0 Å². The van der Waals surface area contributed by atoms with Crippen LogP contribution < -0.4 is 5.32 Å². The molecule has 0 saturated carbocycles. The van der Waals surface area contributed by atoms with Gasteiger partial charge < -0.3 is 5.32 Å². The molecule has 0 aliphatic carbocycles. The van der Waals surface area contributed by atoms with Crippen molar-refractivity contribution >= 4 is 11.9 Å².